The summed E-state index contributed by atoms with van der Waals surface area (Å²) in [5, 5.41) is 0. The predicted molar refractivity (Wildman–Crippen MR) is 188 cm³/mol. The zero-order chi connectivity index (χ0) is 31.3. The van der Waals surface area contributed by atoms with Gasteiger partial charge < -0.3 is 4.90 Å². The lowest BCUT2D eigenvalue weighted by Gasteiger charge is -2.30. The van der Waals surface area contributed by atoms with Crippen LogP contribution in [0.3, 0.4) is 0 Å². The van der Waals surface area contributed by atoms with Gasteiger partial charge in [-0.05, 0) is 71.5 Å². The highest BCUT2D eigenvalue weighted by atomic mass is 16.2. The molecule has 1 saturated carbocycles. The molecule has 2 aliphatic rings. The van der Waals surface area contributed by atoms with E-state index in [2.05, 4.69) is 53.5 Å². The lowest BCUT2D eigenvalue weighted by molar-refractivity contribution is -0.139. The van der Waals surface area contributed by atoms with Gasteiger partial charge in [-0.1, -0.05) is 135 Å². The smallest absolute Gasteiger partial charge is 0.262 e. The molecule has 0 spiro atoms. The van der Waals surface area contributed by atoms with Gasteiger partial charge in [-0.25, -0.2) is 0 Å². The number of rotatable bonds is 8. The third-order valence-electron chi connectivity index (χ3n) is 8.97. The summed E-state index contributed by atoms with van der Waals surface area (Å²) in [5.41, 5.74) is 7.70. The van der Waals surface area contributed by atoms with Crippen molar-refractivity contribution >= 4 is 52.2 Å². The Morgan fingerprint density at radius 3 is 1.39 bits per heavy atom. The van der Waals surface area contributed by atoms with Crippen molar-refractivity contribution in [1.82, 2.24) is 4.90 Å². The van der Waals surface area contributed by atoms with Crippen molar-refractivity contribution in [1.29, 1.82) is 0 Å². The van der Waals surface area contributed by atoms with E-state index in [1.54, 1.807) is 4.90 Å². The third kappa shape index (κ3) is 5.94. The largest absolute Gasteiger partial charge is 0.311 e. The fraction of sp³-hybridized carbons (Fsp3) is 0.143. The second-order valence-corrected chi connectivity index (χ2v) is 11.9. The molecule has 1 heterocycles. The van der Waals surface area contributed by atoms with Crippen LogP contribution in [0.4, 0.5) is 17.1 Å². The van der Waals surface area contributed by atoms with Crippen molar-refractivity contribution in [3.63, 3.8) is 0 Å². The van der Waals surface area contributed by atoms with E-state index in [0.717, 1.165) is 71.4 Å². The van der Waals surface area contributed by atoms with E-state index in [1.807, 2.05) is 103 Å². The molecule has 0 unspecified atom stereocenters. The first-order valence-corrected chi connectivity index (χ1v) is 16.1. The Bertz CT molecular complexity index is 1830. The number of benzene rings is 5. The zero-order valence-electron chi connectivity index (χ0n) is 25.8. The molecule has 46 heavy (non-hydrogen) atoms. The number of hydrogen-bond acceptors (Lipinski definition) is 3. The van der Waals surface area contributed by atoms with Crippen molar-refractivity contribution < 1.29 is 9.59 Å². The normalized spacial score (nSPS) is 15.6. The molecule has 7 rings (SSSR count). The highest BCUT2D eigenvalue weighted by molar-refractivity contribution is 6.49. The molecule has 1 aliphatic heterocycles. The number of anilines is 3. The van der Waals surface area contributed by atoms with Crippen LogP contribution in [-0.4, -0.2) is 22.8 Å². The van der Waals surface area contributed by atoms with Crippen LogP contribution in [0.15, 0.2) is 140 Å². The molecule has 0 radical (unpaired) electrons. The number of hydrogen-bond donors (Lipinski definition) is 0. The standard InChI is InChI=1S/C42H36N2O2/c45-41-39(33-25-23-32(24-26-33)22-21-31-13-5-1-6-14-31)40(42(46)44(41)37-19-11-4-12-20-37)34-27-29-38(30-28-34)43(35-15-7-2-8-16-35)36-17-9-3-10-18-36/h1-3,5-10,13-18,21-30,37H,4,11-12,19-20H2. The van der Waals surface area contributed by atoms with Gasteiger partial charge in [0.1, 0.15) is 0 Å². The molecule has 1 fully saturated rings. The van der Waals surface area contributed by atoms with E-state index < -0.39 is 0 Å². The Balaban J connectivity index is 1.26. The Hall–Kier alpha value is -5.48. The molecule has 226 valence electrons. The third-order valence-corrected chi connectivity index (χ3v) is 8.97. The summed E-state index contributed by atoms with van der Waals surface area (Å²) >= 11 is 0. The fourth-order valence-corrected chi connectivity index (χ4v) is 6.65. The molecule has 5 aromatic carbocycles. The van der Waals surface area contributed by atoms with Crippen LogP contribution in [0, 0.1) is 0 Å². The van der Waals surface area contributed by atoms with Gasteiger partial charge in [0.05, 0.1) is 11.1 Å². The van der Waals surface area contributed by atoms with Gasteiger partial charge in [0.2, 0.25) is 0 Å². The van der Waals surface area contributed by atoms with Gasteiger partial charge in [-0.2, -0.15) is 0 Å². The SMILES string of the molecule is O=C1C(c2ccc(C=Cc3ccccc3)cc2)=C(c2ccc(N(c3ccccc3)c3ccccc3)cc2)C(=O)N1C1CCCCC1. The topological polar surface area (TPSA) is 40.6 Å². The number of para-hydroxylation sites is 2. The van der Waals surface area contributed by atoms with Gasteiger partial charge >= 0.3 is 0 Å². The monoisotopic (exact) mass is 600 g/mol. The maximum absolute atomic E-state index is 14.2. The molecule has 0 saturated heterocycles. The Morgan fingerprint density at radius 1 is 0.478 bits per heavy atom. The lowest BCUT2D eigenvalue weighted by Crippen LogP contribution is -2.42. The van der Waals surface area contributed by atoms with Crippen molar-refractivity contribution in [2.45, 2.75) is 38.1 Å². The van der Waals surface area contributed by atoms with Crippen LogP contribution < -0.4 is 4.90 Å². The summed E-state index contributed by atoms with van der Waals surface area (Å²) in [6.45, 7) is 0. The van der Waals surface area contributed by atoms with Crippen molar-refractivity contribution in [3.8, 4) is 0 Å². The van der Waals surface area contributed by atoms with Crippen LogP contribution in [-0.2, 0) is 9.59 Å². The minimum Gasteiger partial charge on any atom is -0.311 e. The lowest BCUT2D eigenvalue weighted by atomic mass is 9.94. The van der Waals surface area contributed by atoms with E-state index in [0.29, 0.717) is 11.1 Å². The number of carbonyl (C=O) groups is 2. The molecule has 0 bridgehead atoms. The second kappa shape index (κ2) is 13.3. The van der Waals surface area contributed by atoms with Crippen molar-refractivity contribution in [3.05, 3.63) is 162 Å². The molecular weight excluding hydrogens is 564 g/mol. The van der Waals surface area contributed by atoms with Crippen molar-refractivity contribution in [2.24, 2.45) is 0 Å². The summed E-state index contributed by atoms with van der Waals surface area (Å²) < 4.78 is 0. The van der Waals surface area contributed by atoms with Crippen LogP contribution in [0.25, 0.3) is 23.3 Å². The molecule has 5 aromatic rings. The van der Waals surface area contributed by atoms with E-state index >= 15 is 0 Å². The van der Waals surface area contributed by atoms with Crippen LogP contribution in [0.5, 0.6) is 0 Å². The fourth-order valence-electron chi connectivity index (χ4n) is 6.65. The first kappa shape index (κ1) is 29.2. The molecule has 1 aliphatic carbocycles. The number of nitrogens with zero attached hydrogens (tertiary/aromatic N) is 2. The summed E-state index contributed by atoms with van der Waals surface area (Å²) in [6.07, 6.45) is 9.10. The molecule has 0 atom stereocenters. The maximum Gasteiger partial charge on any atom is 0.262 e. The molecule has 0 aromatic heterocycles. The first-order valence-electron chi connectivity index (χ1n) is 16.1. The van der Waals surface area contributed by atoms with Gasteiger partial charge in [0.15, 0.2) is 0 Å². The van der Waals surface area contributed by atoms with Crippen molar-refractivity contribution in [2.75, 3.05) is 4.90 Å². The molecule has 0 N–H and O–H groups in total. The first-order chi connectivity index (χ1) is 22.7. The molecule has 4 heteroatoms. The summed E-state index contributed by atoms with van der Waals surface area (Å²) in [4.78, 5) is 32.1. The Kier molecular flexibility index (Phi) is 8.42. The van der Waals surface area contributed by atoms with Gasteiger partial charge in [0, 0.05) is 23.1 Å². The number of carbonyl (C=O) groups excluding carboxylic acids is 2. The van der Waals surface area contributed by atoms with E-state index in [-0.39, 0.29) is 17.9 Å². The average Bonchev–Trinajstić information content (AvgIpc) is 3.39. The summed E-state index contributed by atoms with van der Waals surface area (Å²) in [6, 6.07) is 46.6. The van der Waals surface area contributed by atoms with Crippen LogP contribution in [0.2, 0.25) is 0 Å². The maximum atomic E-state index is 14.2. The molecule has 4 nitrogen and oxygen atoms in total. The second-order valence-electron chi connectivity index (χ2n) is 11.9. The summed E-state index contributed by atoms with van der Waals surface area (Å²) in [7, 11) is 0. The van der Waals surface area contributed by atoms with E-state index in [4.69, 9.17) is 0 Å². The molecular formula is C42H36N2O2. The number of imide groups is 1. The minimum atomic E-state index is -0.185. The Morgan fingerprint density at radius 2 is 0.891 bits per heavy atom. The summed E-state index contributed by atoms with van der Waals surface area (Å²) in [5.74, 6) is -0.366. The van der Waals surface area contributed by atoms with Crippen LogP contribution >= 0.6 is 0 Å². The van der Waals surface area contributed by atoms with Crippen LogP contribution in [0.1, 0.15) is 54.4 Å². The Labute approximate surface area is 270 Å². The average molecular weight is 601 g/mol. The number of amides is 2. The van der Waals surface area contributed by atoms with Gasteiger partial charge in [-0.3, -0.25) is 14.5 Å². The highest BCUT2D eigenvalue weighted by Crippen LogP contribution is 2.41. The highest BCUT2D eigenvalue weighted by Gasteiger charge is 2.43. The zero-order valence-corrected chi connectivity index (χ0v) is 25.8. The van der Waals surface area contributed by atoms with E-state index in [9.17, 15) is 9.59 Å². The van der Waals surface area contributed by atoms with E-state index in [1.165, 1.54) is 0 Å². The molecule has 2 amide bonds. The quantitative estimate of drug-likeness (QED) is 0.131. The van der Waals surface area contributed by atoms with Gasteiger partial charge in [-0.15, -0.1) is 0 Å². The predicted octanol–water partition coefficient (Wildman–Crippen LogP) is 9.94. The minimum absolute atomic E-state index is 0.0553. The van der Waals surface area contributed by atoms with Gasteiger partial charge in [0.25, 0.3) is 11.8 Å².